The summed E-state index contributed by atoms with van der Waals surface area (Å²) in [4.78, 5) is 14.8. The fourth-order valence-corrected chi connectivity index (χ4v) is 9.76. The van der Waals surface area contributed by atoms with Crippen LogP contribution in [0.4, 0.5) is 34.1 Å². The predicted octanol–water partition coefficient (Wildman–Crippen LogP) is 17.1. The Labute approximate surface area is 435 Å². The fourth-order valence-electron chi connectivity index (χ4n) is 9.76. The van der Waals surface area contributed by atoms with Crippen LogP contribution in [-0.2, 0) is 42.7 Å². The topological polar surface area (TPSA) is 41.5 Å². The Morgan fingerprint density at radius 1 is 0.465 bits per heavy atom. The van der Waals surface area contributed by atoms with Gasteiger partial charge in [-0.25, -0.2) is 0 Å². The van der Waals surface area contributed by atoms with Gasteiger partial charge >= 0.3 is 21.1 Å². The van der Waals surface area contributed by atoms with Crippen molar-refractivity contribution < 1.29 is 25.8 Å². The Hall–Kier alpha value is -7.07. The van der Waals surface area contributed by atoms with Crippen molar-refractivity contribution in [2.45, 2.75) is 84.0 Å². The zero-order chi connectivity index (χ0) is 48.8. The van der Waals surface area contributed by atoms with E-state index in [0.717, 1.165) is 67.8 Å². The standard InChI is InChI=1S/C65H60N4O.Pt/c1-62(2,3)46-29-33-52(34-30-46)69-59-35-31-47(63(4,5)6)42-56(59)65(61-28-16-17-38-67-61,57-43-48(64(7,8)9)32-36-60(57)69)49-21-19-27-55(41-49)70-54-26-18-20-45(40-54)58-44-53(37-39-66-58)68(50-22-12-10-13-23-50)51-24-14-11-15-25-51;/h10-39,42-44H,1-9H3;/q-2;+2. The second-order valence-electron chi connectivity index (χ2n) is 21.4. The molecule has 7 aromatic carbocycles. The van der Waals surface area contributed by atoms with Gasteiger partial charge in [0.05, 0.1) is 22.5 Å². The molecule has 0 N–H and O–H groups in total. The number of ether oxygens (including phenoxy) is 1. The second-order valence-corrected chi connectivity index (χ2v) is 21.4. The van der Waals surface area contributed by atoms with Gasteiger partial charge in [0.1, 0.15) is 0 Å². The predicted molar refractivity (Wildman–Crippen MR) is 289 cm³/mol. The molecule has 2 aromatic heterocycles. The van der Waals surface area contributed by atoms with Crippen LogP contribution in [0, 0.1) is 12.1 Å². The molecule has 0 aliphatic carbocycles. The Kier molecular flexibility index (Phi) is 13.3. The van der Waals surface area contributed by atoms with Gasteiger partial charge in [0.15, 0.2) is 0 Å². The molecule has 5 nitrogen and oxygen atoms in total. The van der Waals surface area contributed by atoms with Crippen molar-refractivity contribution in [1.29, 1.82) is 0 Å². The van der Waals surface area contributed by atoms with Crippen LogP contribution in [0.1, 0.15) is 101 Å². The number of hydrogen-bond donors (Lipinski definition) is 0. The van der Waals surface area contributed by atoms with Crippen molar-refractivity contribution in [2.24, 2.45) is 0 Å². The number of para-hydroxylation sites is 2. The molecule has 356 valence electrons. The molecule has 1 aliphatic heterocycles. The molecule has 0 bridgehead atoms. The maximum atomic E-state index is 6.85. The maximum Gasteiger partial charge on any atom is 2.00 e. The molecule has 0 unspecified atom stereocenters. The second kappa shape index (κ2) is 19.3. The molecular formula is C65H60N4OPt. The van der Waals surface area contributed by atoms with Gasteiger partial charge in [-0.1, -0.05) is 153 Å². The molecule has 1 aliphatic rings. The van der Waals surface area contributed by atoms with E-state index in [4.69, 9.17) is 14.7 Å². The summed E-state index contributed by atoms with van der Waals surface area (Å²) >= 11 is 0. The van der Waals surface area contributed by atoms with Gasteiger partial charge in [0, 0.05) is 46.6 Å². The van der Waals surface area contributed by atoms with Gasteiger partial charge < -0.3 is 19.5 Å². The molecule has 9 aromatic rings. The molecule has 3 heterocycles. The minimum atomic E-state index is -0.908. The Bertz CT molecular complexity index is 3190. The van der Waals surface area contributed by atoms with Gasteiger partial charge in [-0.3, -0.25) is 4.98 Å². The van der Waals surface area contributed by atoms with Crippen molar-refractivity contribution in [3.8, 4) is 22.8 Å². The number of aromatic nitrogens is 2. The quantitative estimate of drug-likeness (QED) is 0.135. The Morgan fingerprint density at radius 3 is 1.55 bits per heavy atom. The van der Waals surface area contributed by atoms with Crippen molar-refractivity contribution in [3.05, 3.63) is 252 Å². The third-order valence-electron chi connectivity index (χ3n) is 13.5. The Balaban J connectivity index is 0.00000624. The molecule has 0 radical (unpaired) electrons. The summed E-state index contributed by atoms with van der Waals surface area (Å²) < 4.78 is 6.85. The van der Waals surface area contributed by atoms with E-state index in [2.05, 4.69) is 224 Å². The van der Waals surface area contributed by atoms with E-state index in [1.165, 1.54) is 16.7 Å². The average molecular weight is 1110 g/mol. The van der Waals surface area contributed by atoms with E-state index >= 15 is 0 Å². The molecule has 0 atom stereocenters. The van der Waals surface area contributed by atoms with Crippen molar-refractivity contribution in [3.63, 3.8) is 0 Å². The van der Waals surface area contributed by atoms with Crippen LogP contribution >= 0.6 is 0 Å². The minimum Gasteiger partial charge on any atom is -0.503 e. The number of benzene rings is 7. The zero-order valence-electron chi connectivity index (χ0n) is 42.1. The van der Waals surface area contributed by atoms with Gasteiger partial charge in [0.2, 0.25) is 0 Å². The van der Waals surface area contributed by atoms with Gasteiger partial charge in [-0.05, 0) is 116 Å². The molecule has 0 spiro atoms. The number of nitrogens with zero attached hydrogens (tertiary/aromatic N) is 4. The first-order chi connectivity index (χ1) is 33.6. The van der Waals surface area contributed by atoms with Crippen LogP contribution in [0.3, 0.4) is 0 Å². The average Bonchev–Trinajstić information content (AvgIpc) is 3.36. The summed E-state index contributed by atoms with van der Waals surface area (Å²) in [6.07, 6.45) is 3.77. The molecule has 0 fully saturated rings. The fraction of sp³-hybridized carbons (Fsp3) is 0.200. The first-order valence-electron chi connectivity index (χ1n) is 24.3. The summed E-state index contributed by atoms with van der Waals surface area (Å²) in [6, 6.07) is 74.1. The largest absolute Gasteiger partial charge is 2.00 e. The van der Waals surface area contributed by atoms with E-state index in [0.29, 0.717) is 11.5 Å². The van der Waals surface area contributed by atoms with Gasteiger partial charge in [-0.2, -0.15) is 12.1 Å². The van der Waals surface area contributed by atoms with E-state index < -0.39 is 5.41 Å². The smallest absolute Gasteiger partial charge is 0.503 e. The van der Waals surface area contributed by atoms with Crippen molar-refractivity contribution >= 4 is 34.1 Å². The SMILES string of the molecule is CC(C)(C)c1ccc(N2c3ccc(C(C)(C)C)cc3C(c3[c-]c(Oc4[c-]c(-c5cc(N(c6ccccc6)c6ccccc6)ccn5)ccc4)ccc3)(c3ccccn3)c3cc(C(C)(C)C)ccc32)cc1.[Pt+2]. The van der Waals surface area contributed by atoms with Gasteiger partial charge in [0.25, 0.3) is 0 Å². The summed E-state index contributed by atoms with van der Waals surface area (Å²) in [5, 5.41) is 0. The number of anilines is 6. The molecule has 0 amide bonds. The summed E-state index contributed by atoms with van der Waals surface area (Å²) in [5.41, 5.74) is 14.7. The number of rotatable bonds is 9. The molecular weight excluding hydrogens is 1050 g/mol. The van der Waals surface area contributed by atoms with Crippen LogP contribution < -0.4 is 14.5 Å². The third-order valence-corrected chi connectivity index (χ3v) is 13.5. The van der Waals surface area contributed by atoms with Crippen LogP contribution in [0.5, 0.6) is 11.5 Å². The van der Waals surface area contributed by atoms with Crippen molar-refractivity contribution in [2.75, 3.05) is 9.80 Å². The first-order valence-corrected chi connectivity index (χ1v) is 24.3. The molecule has 6 heteroatoms. The molecule has 71 heavy (non-hydrogen) atoms. The molecule has 10 rings (SSSR count). The maximum absolute atomic E-state index is 6.85. The number of hydrogen-bond acceptors (Lipinski definition) is 5. The monoisotopic (exact) mass is 1110 g/mol. The van der Waals surface area contributed by atoms with Crippen LogP contribution in [-0.4, -0.2) is 9.97 Å². The van der Waals surface area contributed by atoms with Crippen molar-refractivity contribution in [1.82, 2.24) is 9.97 Å². The van der Waals surface area contributed by atoms with Crippen LogP contribution in [0.2, 0.25) is 0 Å². The molecule has 0 saturated carbocycles. The van der Waals surface area contributed by atoms with E-state index in [9.17, 15) is 0 Å². The summed E-state index contributed by atoms with van der Waals surface area (Å²) in [5.74, 6) is 1.14. The zero-order valence-corrected chi connectivity index (χ0v) is 44.3. The van der Waals surface area contributed by atoms with E-state index in [1.54, 1.807) is 0 Å². The van der Waals surface area contributed by atoms with Gasteiger partial charge in [-0.15, -0.1) is 41.5 Å². The first kappa shape index (κ1) is 48.9. The van der Waals surface area contributed by atoms with E-state index in [1.807, 2.05) is 60.9 Å². The normalized spacial score (nSPS) is 13.1. The number of pyridine rings is 2. The summed E-state index contributed by atoms with van der Waals surface area (Å²) in [7, 11) is 0. The Morgan fingerprint density at radius 2 is 1.00 bits per heavy atom. The van der Waals surface area contributed by atoms with E-state index in [-0.39, 0.29) is 37.3 Å². The minimum absolute atomic E-state index is 0. The summed E-state index contributed by atoms with van der Waals surface area (Å²) in [6.45, 7) is 20.5. The van der Waals surface area contributed by atoms with Crippen LogP contribution in [0.25, 0.3) is 11.3 Å². The number of fused-ring (bicyclic) bond motifs is 2. The molecule has 0 saturated heterocycles. The van der Waals surface area contributed by atoms with Crippen LogP contribution in [0.15, 0.2) is 200 Å². The third kappa shape index (κ3) is 9.49.